The van der Waals surface area contributed by atoms with Crippen LogP contribution in [0.1, 0.15) is 38.3 Å². The lowest BCUT2D eigenvalue weighted by atomic mass is 9.82. The lowest BCUT2D eigenvalue weighted by Gasteiger charge is -2.36. The summed E-state index contributed by atoms with van der Waals surface area (Å²) in [6, 6.07) is 6.21. The average molecular weight is 190 g/mol. The molecule has 14 heavy (non-hydrogen) atoms. The molecule has 1 saturated heterocycles. The van der Waals surface area contributed by atoms with E-state index in [0.717, 1.165) is 6.54 Å². The monoisotopic (exact) mass is 190 g/mol. The van der Waals surface area contributed by atoms with E-state index in [9.17, 15) is 0 Å². The van der Waals surface area contributed by atoms with Gasteiger partial charge >= 0.3 is 0 Å². The van der Waals surface area contributed by atoms with Crippen LogP contribution < -0.4 is 5.32 Å². The number of hydrogen-bond acceptors (Lipinski definition) is 2. The molecule has 2 nitrogen and oxygen atoms in total. The molecule has 76 valence electrons. The third kappa shape index (κ3) is 2.13. The van der Waals surface area contributed by atoms with Crippen molar-refractivity contribution in [3.63, 3.8) is 0 Å². The van der Waals surface area contributed by atoms with Gasteiger partial charge in [-0.15, -0.1) is 0 Å². The van der Waals surface area contributed by atoms with E-state index in [1.165, 1.54) is 18.5 Å². The largest absolute Gasteiger partial charge is 0.312 e. The molecule has 1 N–H and O–H groups in total. The van der Waals surface area contributed by atoms with Crippen LogP contribution in [0.2, 0.25) is 0 Å². The quantitative estimate of drug-likeness (QED) is 0.735. The SMILES string of the molecule is CC1(C)CC(c2ccccn2)CCN1. The molecule has 1 aliphatic rings. The van der Waals surface area contributed by atoms with Crippen molar-refractivity contribution in [3.8, 4) is 0 Å². The minimum absolute atomic E-state index is 0.264. The number of hydrogen-bond donors (Lipinski definition) is 1. The summed E-state index contributed by atoms with van der Waals surface area (Å²) in [7, 11) is 0. The van der Waals surface area contributed by atoms with E-state index < -0.39 is 0 Å². The fourth-order valence-electron chi connectivity index (χ4n) is 2.24. The van der Waals surface area contributed by atoms with Crippen LogP contribution in [-0.4, -0.2) is 17.1 Å². The molecule has 1 unspecified atom stereocenters. The summed E-state index contributed by atoms with van der Waals surface area (Å²) in [6.45, 7) is 5.64. The van der Waals surface area contributed by atoms with Gasteiger partial charge in [-0.2, -0.15) is 0 Å². The van der Waals surface area contributed by atoms with E-state index in [1.54, 1.807) is 0 Å². The topological polar surface area (TPSA) is 24.9 Å². The number of nitrogens with zero attached hydrogens (tertiary/aromatic N) is 1. The Morgan fingerprint density at radius 2 is 2.29 bits per heavy atom. The van der Waals surface area contributed by atoms with E-state index >= 15 is 0 Å². The summed E-state index contributed by atoms with van der Waals surface area (Å²) < 4.78 is 0. The Balaban J connectivity index is 2.12. The van der Waals surface area contributed by atoms with Crippen LogP contribution in [-0.2, 0) is 0 Å². The summed E-state index contributed by atoms with van der Waals surface area (Å²) in [6.07, 6.45) is 4.29. The highest BCUT2D eigenvalue weighted by Gasteiger charge is 2.28. The molecule has 0 saturated carbocycles. The standard InChI is InChI=1S/C12H18N2/c1-12(2)9-10(6-8-14-12)11-5-3-4-7-13-11/h3-5,7,10,14H,6,8-9H2,1-2H3. The number of piperidine rings is 1. The first-order chi connectivity index (χ1) is 6.67. The van der Waals surface area contributed by atoms with Gasteiger partial charge in [-0.1, -0.05) is 6.07 Å². The van der Waals surface area contributed by atoms with Gasteiger partial charge in [0.25, 0.3) is 0 Å². The van der Waals surface area contributed by atoms with Gasteiger partial charge in [0, 0.05) is 23.3 Å². The molecule has 0 bridgehead atoms. The third-order valence-electron chi connectivity index (χ3n) is 2.96. The molecule has 1 atom stereocenters. The Kier molecular flexibility index (Phi) is 2.55. The van der Waals surface area contributed by atoms with E-state index in [-0.39, 0.29) is 5.54 Å². The molecule has 2 heteroatoms. The van der Waals surface area contributed by atoms with Gasteiger partial charge in [0.2, 0.25) is 0 Å². The first kappa shape index (κ1) is 9.66. The Hall–Kier alpha value is -0.890. The maximum absolute atomic E-state index is 4.44. The number of nitrogens with one attached hydrogen (secondary N) is 1. The van der Waals surface area contributed by atoms with E-state index in [1.807, 2.05) is 12.3 Å². The summed E-state index contributed by atoms with van der Waals surface area (Å²) in [5, 5.41) is 3.53. The Bertz CT molecular complexity index is 292. The Morgan fingerprint density at radius 3 is 2.93 bits per heavy atom. The maximum atomic E-state index is 4.44. The number of pyridine rings is 1. The lowest BCUT2D eigenvalue weighted by molar-refractivity contribution is 0.273. The fourth-order valence-corrected chi connectivity index (χ4v) is 2.24. The van der Waals surface area contributed by atoms with Crippen LogP contribution in [0.15, 0.2) is 24.4 Å². The highest BCUT2D eigenvalue weighted by atomic mass is 15.0. The minimum Gasteiger partial charge on any atom is -0.312 e. The van der Waals surface area contributed by atoms with Crippen LogP contribution in [0, 0.1) is 0 Å². The van der Waals surface area contributed by atoms with Crippen molar-refractivity contribution in [1.82, 2.24) is 10.3 Å². The molecule has 2 rings (SSSR count). The molecule has 2 heterocycles. The average Bonchev–Trinajstić information content (AvgIpc) is 2.18. The van der Waals surface area contributed by atoms with Crippen molar-refractivity contribution >= 4 is 0 Å². The second kappa shape index (κ2) is 3.70. The summed E-state index contributed by atoms with van der Waals surface area (Å²) in [5.74, 6) is 0.632. The van der Waals surface area contributed by atoms with Crippen molar-refractivity contribution in [2.45, 2.75) is 38.1 Å². The van der Waals surface area contributed by atoms with Crippen molar-refractivity contribution in [2.75, 3.05) is 6.54 Å². The number of rotatable bonds is 1. The van der Waals surface area contributed by atoms with Crippen LogP contribution in [0.5, 0.6) is 0 Å². The second-order valence-electron chi connectivity index (χ2n) is 4.75. The van der Waals surface area contributed by atoms with Crippen molar-refractivity contribution in [2.24, 2.45) is 0 Å². The first-order valence-electron chi connectivity index (χ1n) is 5.33. The van der Waals surface area contributed by atoms with Gasteiger partial charge in [-0.05, 0) is 45.4 Å². The molecular formula is C12H18N2. The molecule has 1 aromatic heterocycles. The van der Waals surface area contributed by atoms with Gasteiger partial charge in [0.1, 0.15) is 0 Å². The zero-order valence-corrected chi connectivity index (χ0v) is 8.96. The van der Waals surface area contributed by atoms with Crippen molar-refractivity contribution in [1.29, 1.82) is 0 Å². The third-order valence-corrected chi connectivity index (χ3v) is 2.96. The summed E-state index contributed by atoms with van der Waals surface area (Å²) >= 11 is 0. The van der Waals surface area contributed by atoms with E-state index in [0.29, 0.717) is 5.92 Å². The fraction of sp³-hybridized carbons (Fsp3) is 0.583. The van der Waals surface area contributed by atoms with E-state index in [4.69, 9.17) is 0 Å². The van der Waals surface area contributed by atoms with Gasteiger partial charge in [0.15, 0.2) is 0 Å². The molecule has 1 fully saturated rings. The van der Waals surface area contributed by atoms with E-state index in [2.05, 4.69) is 36.3 Å². The number of aromatic nitrogens is 1. The van der Waals surface area contributed by atoms with Crippen LogP contribution in [0.3, 0.4) is 0 Å². The van der Waals surface area contributed by atoms with Gasteiger partial charge in [0.05, 0.1) is 0 Å². The first-order valence-corrected chi connectivity index (χ1v) is 5.33. The molecule has 0 radical (unpaired) electrons. The molecule has 1 aromatic rings. The van der Waals surface area contributed by atoms with Crippen molar-refractivity contribution < 1.29 is 0 Å². The second-order valence-corrected chi connectivity index (χ2v) is 4.75. The molecular weight excluding hydrogens is 172 g/mol. The predicted octanol–water partition coefficient (Wildman–Crippen LogP) is 2.33. The smallest absolute Gasteiger partial charge is 0.0435 e. The van der Waals surface area contributed by atoms with Gasteiger partial charge in [-0.3, -0.25) is 4.98 Å². The zero-order valence-electron chi connectivity index (χ0n) is 8.96. The summed E-state index contributed by atoms with van der Waals surface area (Å²) in [4.78, 5) is 4.44. The van der Waals surface area contributed by atoms with Crippen molar-refractivity contribution in [3.05, 3.63) is 30.1 Å². The van der Waals surface area contributed by atoms with Crippen LogP contribution in [0.25, 0.3) is 0 Å². The van der Waals surface area contributed by atoms with Gasteiger partial charge < -0.3 is 5.32 Å². The maximum Gasteiger partial charge on any atom is 0.0435 e. The summed E-state index contributed by atoms with van der Waals surface area (Å²) in [5.41, 5.74) is 1.52. The predicted molar refractivity (Wildman–Crippen MR) is 58.3 cm³/mol. The lowest BCUT2D eigenvalue weighted by Crippen LogP contribution is -2.45. The zero-order chi connectivity index (χ0) is 10.0. The minimum atomic E-state index is 0.264. The van der Waals surface area contributed by atoms with Crippen LogP contribution >= 0.6 is 0 Å². The Labute approximate surface area is 85.7 Å². The molecule has 0 aliphatic carbocycles. The van der Waals surface area contributed by atoms with Gasteiger partial charge in [-0.25, -0.2) is 0 Å². The molecule has 0 aromatic carbocycles. The highest BCUT2D eigenvalue weighted by molar-refractivity contribution is 5.12. The highest BCUT2D eigenvalue weighted by Crippen LogP contribution is 2.30. The van der Waals surface area contributed by atoms with Crippen LogP contribution in [0.4, 0.5) is 0 Å². The Morgan fingerprint density at radius 1 is 1.43 bits per heavy atom. The molecule has 0 amide bonds. The normalized spacial score (nSPS) is 26.0. The molecule has 0 spiro atoms. The molecule has 1 aliphatic heterocycles.